The largest absolute Gasteiger partial charge is 0.369 e. The maximum absolute atomic E-state index is 5.61. The second kappa shape index (κ2) is 3.40. The van der Waals surface area contributed by atoms with Gasteiger partial charge >= 0.3 is 0 Å². The second-order valence-corrected chi connectivity index (χ2v) is 3.94. The van der Waals surface area contributed by atoms with Gasteiger partial charge in [-0.2, -0.15) is 0 Å². The van der Waals surface area contributed by atoms with Crippen LogP contribution in [0.15, 0.2) is 0 Å². The molecule has 1 aromatic heterocycles. The lowest BCUT2D eigenvalue weighted by molar-refractivity contribution is 0.416. The summed E-state index contributed by atoms with van der Waals surface area (Å²) >= 11 is 0. The minimum atomic E-state index is 0.585. The SMILES string of the molecule is CCCC1CCc2nc(N)[nH]c2C1. The van der Waals surface area contributed by atoms with Gasteiger partial charge in [0.25, 0.3) is 0 Å². The number of aromatic nitrogens is 2. The van der Waals surface area contributed by atoms with Crippen LogP contribution in [0.25, 0.3) is 0 Å². The molecule has 0 fully saturated rings. The molecule has 1 aliphatic carbocycles. The molecule has 3 N–H and O–H groups in total. The molecule has 1 atom stereocenters. The van der Waals surface area contributed by atoms with Crippen LogP contribution in [0, 0.1) is 5.92 Å². The zero-order chi connectivity index (χ0) is 9.26. The van der Waals surface area contributed by atoms with Crippen molar-refractivity contribution in [1.29, 1.82) is 0 Å². The van der Waals surface area contributed by atoms with Gasteiger partial charge in [-0.25, -0.2) is 4.98 Å². The number of fused-ring (bicyclic) bond motifs is 1. The molecule has 1 aliphatic rings. The number of nitrogen functional groups attached to an aromatic ring is 1. The second-order valence-electron chi connectivity index (χ2n) is 3.94. The lowest BCUT2D eigenvalue weighted by atomic mass is 9.87. The highest BCUT2D eigenvalue weighted by Gasteiger charge is 2.20. The number of anilines is 1. The Kier molecular flexibility index (Phi) is 2.25. The van der Waals surface area contributed by atoms with Gasteiger partial charge in [0.1, 0.15) is 0 Å². The third kappa shape index (κ3) is 1.69. The fourth-order valence-corrected chi connectivity index (χ4v) is 2.23. The molecule has 0 amide bonds. The standard InChI is InChI=1S/C10H17N3/c1-2-3-7-4-5-8-9(6-7)13-10(11)12-8/h7H,2-6H2,1H3,(H3,11,12,13). The summed E-state index contributed by atoms with van der Waals surface area (Å²) in [6.07, 6.45) is 6.15. The van der Waals surface area contributed by atoms with Crippen molar-refractivity contribution in [3.05, 3.63) is 11.4 Å². The average molecular weight is 179 g/mol. The van der Waals surface area contributed by atoms with Crippen molar-refractivity contribution in [2.24, 2.45) is 5.92 Å². The Labute approximate surface area is 78.7 Å². The highest BCUT2D eigenvalue weighted by molar-refractivity contribution is 5.28. The van der Waals surface area contributed by atoms with Crippen molar-refractivity contribution >= 4 is 5.95 Å². The van der Waals surface area contributed by atoms with E-state index in [1.807, 2.05) is 0 Å². The molecule has 0 spiro atoms. The topological polar surface area (TPSA) is 54.7 Å². The van der Waals surface area contributed by atoms with Crippen molar-refractivity contribution in [2.45, 2.75) is 39.0 Å². The average Bonchev–Trinajstić information content (AvgIpc) is 2.44. The summed E-state index contributed by atoms with van der Waals surface area (Å²) in [6.45, 7) is 2.25. The predicted octanol–water partition coefficient (Wildman–Crippen LogP) is 1.90. The molecule has 0 aliphatic heterocycles. The summed E-state index contributed by atoms with van der Waals surface area (Å²) < 4.78 is 0. The predicted molar refractivity (Wildman–Crippen MR) is 53.4 cm³/mol. The third-order valence-corrected chi connectivity index (χ3v) is 2.86. The molecule has 13 heavy (non-hydrogen) atoms. The van der Waals surface area contributed by atoms with Gasteiger partial charge in [0.05, 0.1) is 5.69 Å². The molecule has 0 saturated heterocycles. The molecule has 0 aromatic carbocycles. The van der Waals surface area contributed by atoms with E-state index < -0.39 is 0 Å². The molecule has 1 aromatic rings. The fourth-order valence-electron chi connectivity index (χ4n) is 2.23. The van der Waals surface area contributed by atoms with Crippen LogP contribution in [0.1, 0.15) is 37.6 Å². The first-order valence-corrected chi connectivity index (χ1v) is 5.12. The summed E-state index contributed by atoms with van der Waals surface area (Å²) in [4.78, 5) is 7.42. The normalized spacial score (nSPS) is 21.5. The van der Waals surface area contributed by atoms with Gasteiger partial charge in [0.15, 0.2) is 5.95 Å². The molecule has 3 heteroatoms. The number of nitrogens with one attached hydrogen (secondary N) is 1. The van der Waals surface area contributed by atoms with E-state index in [0.29, 0.717) is 5.95 Å². The molecule has 0 radical (unpaired) electrons. The maximum Gasteiger partial charge on any atom is 0.197 e. The van der Waals surface area contributed by atoms with Crippen LogP contribution < -0.4 is 5.73 Å². The van der Waals surface area contributed by atoms with E-state index in [4.69, 9.17) is 5.73 Å². The highest BCUT2D eigenvalue weighted by Crippen LogP contribution is 2.27. The number of aryl methyl sites for hydroxylation is 1. The number of aromatic amines is 1. The monoisotopic (exact) mass is 179 g/mol. The van der Waals surface area contributed by atoms with Gasteiger partial charge in [0, 0.05) is 5.69 Å². The summed E-state index contributed by atoms with van der Waals surface area (Å²) in [5, 5.41) is 0. The van der Waals surface area contributed by atoms with E-state index in [-0.39, 0.29) is 0 Å². The molecular weight excluding hydrogens is 162 g/mol. The van der Waals surface area contributed by atoms with Crippen molar-refractivity contribution in [2.75, 3.05) is 5.73 Å². The van der Waals surface area contributed by atoms with Crippen LogP contribution in [0.5, 0.6) is 0 Å². The first kappa shape index (κ1) is 8.60. The minimum Gasteiger partial charge on any atom is -0.369 e. The maximum atomic E-state index is 5.61. The van der Waals surface area contributed by atoms with Crippen LogP contribution in [-0.2, 0) is 12.8 Å². The third-order valence-electron chi connectivity index (χ3n) is 2.86. The number of hydrogen-bond donors (Lipinski definition) is 2. The van der Waals surface area contributed by atoms with E-state index in [2.05, 4.69) is 16.9 Å². The van der Waals surface area contributed by atoms with E-state index >= 15 is 0 Å². The summed E-state index contributed by atoms with van der Waals surface area (Å²) in [7, 11) is 0. The highest BCUT2D eigenvalue weighted by atomic mass is 15.0. The van der Waals surface area contributed by atoms with Crippen LogP contribution in [0.3, 0.4) is 0 Å². The van der Waals surface area contributed by atoms with Crippen molar-refractivity contribution in [3.8, 4) is 0 Å². The first-order valence-electron chi connectivity index (χ1n) is 5.12. The van der Waals surface area contributed by atoms with Crippen LogP contribution >= 0.6 is 0 Å². The van der Waals surface area contributed by atoms with E-state index in [0.717, 1.165) is 18.8 Å². The summed E-state index contributed by atoms with van der Waals surface area (Å²) in [6, 6.07) is 0. The minimum absolute atomic E-state index is 0.585. The van der Waals surface area contributed by atoms with Crippen LogP contribution in [0.2, 0.25) is 0 Å². The lowest BCUT2D eigenvalue weighted by Gasteiger charge is -2.20. The number of imidazole rings is 1. The number of rotatable bonds is 2. The van der Waals surface area contributed by atoms with E-state index in [9.17, 15) is 0 Å². The molecule has 0 bridgehead atoms. The van der Waals surface area contributed by atoms with Gasteiger partial charge in [-0.05, 0) is 25.2 Å². The number of nitrogens with zero attached hydrogens (tertiary/aromatic N) is 1. The molecule has 1 heterocycles. The Morgan fingerprint density at radius 1 is 1.62 bits per heavy atom. The quantitative estimate of drug-likeness (QED) is 0.728. The van der Waals surface area contributed by atoms with Crippen molar-refractivity contribution < 1.29 is 0 Å². The molecular formula is C10H17N3. The van der Waals surface area contributed by atoms with E-state index in [1.165, 1.54) is 30.7 Å². The Morgan fingerprint density at radius 3 is 3.23 bits per heavy atom. The van der Waals surface area contributed by atoms with Gasteiger partial charge in [-0.3, -0.25) is 0 Å². The fraction of sp³-hybridized carbons (Fsp3) is 0.700. The zero-order valence-corrected chi connectivity index (χ0v) is 8.14. The molecule has 72 valence electrons. The number of H-pyrrole nitrogens is 1. The summed E-state index contributed by atoms with van der Waals surface area (Å²) in [5.41, 5.74) is 8.09. The Hall–Kier alpha value is -0.990. The Balaban J connectivity index is 2.10. The van der Waals surface area contributed by atoms with Crippen molar-refractivity contribution in [1.82, 2.24) is 9.97 Å². The Bertz CT molecular complexity index is 290. The molecule has 2 rings (SSSR count). The van der Waals surface area contributed by atoms with Gasteiger partial charge in [-0.1, -0.05) is 19.8 Å². The molecule has 0 saturated carbocycles. The number of hydrogen-bond acceptors (Lipinski definition) is 2. The zero-order valence-electron chi connectivity index (χ0n) is 8.14. The molecule has 1 unspecified atom stereocenters. The van der Waals surface area contributed by atoms with Crippen LogP contribution in [0.4, 0.5) is 5.95 Å². The first-order chi connectivity index (χ1) is 6.29. The lowest BCUT2D eigenvalue weighted by Crippen LogP contribution is -2.13. The summed E-state index contributed by atoms with van der Waals surface area (Å²) in [5.74, 6) is 1.43. The smallest absolute Gasteiger partial charge is 0.197 e. The molecule has 3 nitrogen and oxygen atoms in total. The van der Waals surface area contributed by atoms with Crippen LogP contribution in [-0.4, -0.2) is 9.97 Å². The van der Waals surface area contributed by atoms with Crippen molar-refractivity contribution in [3.63, 3.8) is 0 Å². The van der Waals surface area contributed by atoms with Gasteiger partial charge < -0.3 is 10.7 Å². The van der Waals surface area contributed by atoms with Gasteiger partial charge in [-0.15, -0.1) is 0 Å². The number of nitrogens with two attached hydrogens (primary N) is 1. The van der Waals surface area contributed by atoms with E-state index in [1.54, 1.807) is 0 Å². The van der Waals surface area contributed by atoms with Gasteiger partial charge in [0.2, 0.25) is 0 Å². The Morgan fingerprint density at radius 2 is 2.46 bits per heavy atom.